The van der Waals surface area contributed by atoms with Gasteiger partial charge in [-0.05, 0) is 12.1 Å². The molecule has 1 aromatic heterocycles. The maximum atomic E-state index is 10.6. The van der Waals surface area contributed by atoms with E-state index >= 15 is 0 Å². The number of pyridine rings is 1. The van der Waals surface area contributed by atoms with Crippen molar-refractivity contribution in [2.45, 2.75) is 0 Å². The second kappa shape index (κ2) is 3.34. The quantitative estimate of drug-likeness (QED) is 0.682. The van der Waals surface area contributed by atoms with E-state index in [0.717, 1.165) is 17.2 Å². The van der Waals surface area contributed by atoms with E-state index < -0.39 is 0 Å². The number of aldehydes is 1. The van der Waals surface area contributed by atoms with Gasteiger partial charge < -0.3 is 9.47 Å². The molecule has 16 heavy (non-hydrogen) atoms. The van der Waals surface area contributed by atoms with Crippen LogP contribution in [0, 0.1) is 0 Å². The Bertz CT molecular complexity index is 604. The van der Waals surface area contributed by atoms with E-state index in [1.165, 1.54) is 18.7 Å². The highest BCUT2D eigenvalue weighted by Crippen LogP contribution is 2.34. The first-order valence-corrected chi connectivity index (χ1v) is 4.74. The predicted octanol–water partition coefficient (Wildman–Crippen LogP) is 2.29. The van der Waals surface area contributed by atoms with E-state index in [0.29, 0.717) is 17.1 Å². The molecule has 2 heterocycles. The minimum absolute atomic E-state index is 0.541. The molecular weight excluding hydrogens is 206 g/mol. The lowest BCUT2D eigenvalue weighted by molar-refractivity contribution is 0.112. The van der Waals surface area contributed by atoms with Crippen LogP contribution in [0.2, 0.25) is 0 Å². The zero-order valence-corrected chi connectivity index (χ0v) is 8.21. The molecule has 0 saturated heterocycles. The van der Waals surface area contributed by atoms with Crippen molar-refractivity contribution >= 4 is 17.2 Å². The van der Waals surface area contributed by atoms with Crippen molar-refractivity contribution < 1.29 is 14.3 Å². The fraction of sp³-hybridized carbons (Fsp3) is 0. The second-order valence-corrected chi connectivity index (χ2v) is 3.39. The Morgan fingerprint density at radius 3 is 2.56 bits per heavy atom. The molecule has 0 bridgehead atoms. The molecule has 0 radical (unpaired) electrons. The number of carbonyl (C=O) groups is 1. The standard InChI is InChI=1S/C12H7NO3/c14-7-8-3-9-4-11-12(16-2-1-15-11)5-10(9)13-6-8/h1-7H. The Hall–Kier alpha value is -2.36. The first kappa shape index (κ1) is 8.91. The number of benzene rings is 1. The fourth-order valence-corrected chi connectivity index (χ4v) is 1.60. The van der Waals surface area contributed by atoms with Crippen LogP contribution in [0.15, 0.2) is 36.9 Å². The van der Waals surface area contributed by atoms with Crippen LogP contribution in [0.1, 0.15) is 10.4 Å². The van der Waals surface area contributed by atoms with Crippen molar-refractivity contribution in [2.24, 2.45) is 0 Å². The van der Waals surface area contributed by atoms with Crippen LogP contribution in [0.4, 0.5) is 0 Å². The molecule has 0 atom stereocenters. The fourth-order valence-electron chi connectivity index (χ4n) is 1.60. The number of aromatic nitrogens is 1. The van der Waals surface area contributed by atoms with Crippen LogP contribution in [-0.2, 0) is 0 Å². The highest BCUT2D eigenvalue weighted by molar-refractivity contribution is 5.88. The Morgan fingerprint density at radius 2 is 1.81 bits per heavy atom. The third-order valence-corrected chi connectivity index (χ3v) is 2.35. The summed E-state index contributed by atoms with van der Waals surface area (Å²) in [5, 5.41) is 0.849. The summed E-state index contributed by atoms with van der Waals surface area (Å²) in [5.41, 5.74) is 1.31. The average Bonchev–Trinajstić information content (AvgIpc) is 2.35. The van der Waals surface area contributed by atoms with Crippen LogP contribution in [0.5, 0.6) is 11.5 Å². The SMILES string of the molecule is O=Cc1cnc2cc3c(cc2c1)OC=CO3. The molecule has 1 aliphatic heterocycles. The van der Waals surface area contributed by atoms with Crippen LogP contribution in [0.25, 0.3) is 10.9 Å². The number of fused-ring (bicyclic) bond motifs is 2. The topological polar surface area (TPSA) is 48.4 Å². The van der Waals surface area contributed by atoms with Gasteiger partial charge in [-0.2, -0.15) is 0 Å². The Labute approximate surface area is 91.1 Å². The molecule has 0 amide bonds. The van der Waals surface area contributed by atoms with Gasteiger partial charge in [0.2, 0.25) is 0 Å². The highest BCUT2D eigenvalue weighted by atomic mass is 16.5. The highest BCUT2D eigenvalue weighted by Gasteiger charge is 2.10. The molecule has 1 aliphatic rings. The lowest BCUT2D eigenvalue weighted by Gasteiger charge is -2.12. The van der Waals surface area contributed by atoms with Gasteiger partial charge in [0, 0.05) is 23.2 Å². The van der Waals surface area contributed by atoms with Gasteiger partial charge in [-0.3, -0.25) is 9.78 Å². The summed E-state index contributed by atoms with van der Waals surface area (Å²) >= 11 is 0. The Balaban J connectivity index is 2.25. The average molecular weight is 213 g/mol. The van der Waals surface area contributed by atoms with Gasteiger partial charge >= 0.3 is 0 Å². The van der Waals surface area contributed by atoms with E-state index in [9.17, 15) is 4.79 Å². The summed E-state index contributed by atoms with van der Waals surface area (Å²) in [6.45, 7) is 0. The molecule has 4 nitrogen and oxygen atoms in total. The second-order valence-electron chi connectivity index (χ2n) is 3.39. The molecule has 2 aromatic rings. The van der Waals surface area contributed by atoms with Crippen molar-refractivity contribution in [1.29, 1.82) is 0 Å². The van der Waals surface area contributed by atoms with Crippen molar-refractivity contribution in [1.82, 2.24) is 4.98 Å². The number of hydrogen-bond donors (Lipinski definition) is 0. The molecule has 0 N–H and O–H groups in total. The van der Waals surface area contributed by atoms with E-state index in [1.807, 2.05) is 0 Å². The third-order valence-electron chi connectivity index (χ3n) is 2.35. The number of ether oxygens (including phenoxy) is 2. The normalized spacial score (nSPS) is 12.8. The predicted molar refractivity (Wildman–Crippen MR) is 57.5 cm³/mol. The van der Waals surface area contributed by atoms with Crippen molar-refractivity contribution in [3.63, 3.8) is 0 Å². The van der Waals surface area contributed by atoms with Crippen molar-refractivity contribution in [3.05, 3.63) is 42.5 Å². The zero-order valence-electron chi connectivity index (χ0n) is 8.21. The lowest BCUT2D eigenvalue weighted by atomic mass is 10.1. The summed E-state index contributed by atoms with van der Waals surface area (Å²) in [6, 6.07) is 5.34. The van der Waals surface area contributed by atoms with E-state index in [-0.39, 0.29) is 0 Å². The Morgan fingerprint density at radius 1 is 1.06 bits per heavy atom. The minimum Gasteiger partial charge on any atom is -0.458 e. The molecule has 0 spiro atoms. The summed E-state index contributed by atoms with van der Waals surface area (Å²) in [7, 11) is 0. The lowest BCUT2D eigenvalue weighted by Crippen LogP contribution is -1.96. The van der Waals surface area contributed by atoms with Crippen molar-refractivity contribution in [2.75, 3.05) is 0 Å². The van der Waals surface area contributed by atoms with Crippen LogP contribution >= 0.6 is 0 Å². The van der Waals surface area contributed by atoms with Gasteiger partial charge in [-0.1, -0.05) is 0 Å². The molecule has 0 saturated carbocycles. The van der Waals surface area contributed by atoms with E-state index in [1.54, 1.807) is 18.2 Å². The van der Waals surface area contributed by atoms with Gasteiger partial charge in [0.15, 0.2) is 17.8 Å². The van der Waals surface area contributed by atoms with Gasteiger partial charge in [0.1, 0.15) is 12.5 Å². The molecular formula is C12H7NO3. The molecule has 0 fully saturated rings. The molecule has 0 unspecified atom stereocenters. The van der Waals surface area contributed by atoms with Crippen molar-refractivity contribution in [3.8, 4) is 11.5 Å². The van der Waals surface area contributed by atoms with Crippen LogP contribution < -0.4 is 9.47 Å². The van der Waals surface area contributed by atoms with Gasteiger partial charge in [-0.25, -0.2) is 0 Å². The maximum absolute atomic E-state index is 10.6. The number of rotatable bonds is 1. The minimum atomic E-state index is 0.541. The maximum Gasteiger partial charge on any atom is 0.171 e. The van der Waals surface area contributed by atoms with Gasteiger partial charge in [0.25, 0.3) is 0 Å². The first-order valence-electron chi connectivity index (χ1n) is 4.74. The summed E-state index contributed by atoms with van der Waals surface area (Å²) in [4.78, 5) is 14.8. The zero-order chi connectivity index (χ0) is 11.0. The third kappa shape index (κ3) is 1.32. The molecule has 1 aromatic carbocycles. The van der Waals surface area contributed by atoms with Gasteiger partial charge in [-0.15, -0.1) is 0 Å². The number of carbonyl (C=O) groups excluding carboxylic acids is 1. The summed E-state index contributed by atoms with van der Waals surface area (Å²) in [5.74, 6) is 1.25. The van der Waals surface area contributed by atoms with Gasteiger partial charge in [0.05, 0.1) is 5.52 Å². The molecule has 0 aliphatic carbocycles. The number of hydrogen-bond acceptors (Lipinski definition) is 4. The smallest absolute Gasteiger partial charge is 0.171 e. The number of nitrogens with zero attached hydrogens (tertiary/aromatic N) is 1. The van der Waals surface area contributed by atoms with Crippen LogP contribution in [-0.4, -0.2) is 11.3 Å². The van der Waals surface area contributed by atoms with E-state index in [4.69, 9.17) is 9.47 Å². The largest absolute Gasteiger partial charge is 0.458 e. The molecule has 3 rings (SSSR count). The van der Waals surface area contributed by atoms with Crippen LogP contribution in [0.3, 0.4) is 0 Å². The van der Waals surface area contributed by atoms with E-state index in [2.05, 4.69) is 4.98 Å². The molecule has 4 heteroatoms. The monoisotopic (exact) mass is 213 g/mol. The Kier molecular flexibility index (Phi) is 1.86. The summed E-state index contributed by atoms with van der Waals surface area (Å²) in [6.07, 6.45) is 5.23. The first-order chi connectivity index (χ1) is 7.86. The molecule has 78 valence electrons. The summed E-state index contributed by atoms with van der Waals surface area (Å²) < 4.78 is 10.6.